The van der Waals surface area contributed by atoms with Crippen LogP contribution in [0, 0.1) is 22.7 Å². The highest BCUT2D eigenvalue weighted by atomic mass is 28.4. The van der Waals surface area contributed by atoms with Gasteiger partial charge in [-0.15, -0.1) is 0 Å². The lowest BCUT2D eigenvalue weighted by atomic mass is 9.44. The first-order chi connectivity index (χ1) is 33.0. The molecule has 2 saturated carbocycles. The van der Waals surface area contributed by atoms with Crippen LogP contribution in [0.15, 0.2) is 41.5 Å². The molecule has 3 fully saturated rings. The third-order valence-corrected chi connectivity index (χ3v) is 20.4. The Morgan fingerprint density at radius 3 is 2.04 bits per heavy atom. The Bertz CT molecular complexity index is 2100. The summed E-state index contributed by atoms with van der Waals surface area (Å²) in [6.45, 7) is 27.9. The van der Waals surface area contributed by atoms with Gasteiger partial charge in [-0.05, 0) is 95.3 Å². The molecule has 5 rings (SSSR count). The van der Waals surface area contributed by atoms with E-state index < -0.39 is 133 Å². The Morgan fingerprint density at radius 2 is 1.54 bits per heavy atom. The van der Waals surface area contributed by atoms with Crippen LogP contribution in [0.5, 0.6) is 0 Å². The minimum absolute atomic E-state index is 0.0739. The van der Waals surface area contributed by atoms with Crippen LogP contribution in [-0.4, -0.2) is 134 Å². The molecule has 17 nitrogen and oxygen atoms in total. The summed E-state index contributed by atoms with van der Waals surface area (Å²) in [5.41, 5.74) is -7.26. The number of carbonyl (C=O) groups excluding carboxylic acids is 5. The monoisotopic (exact) mass is 1020 g/mol. The number of hydrogen-bond donors (Lipinski definition) is 3. The minimum atomic E-state index is -2.60. The second-order valence-corrected chi connectivity index (χ2v) is 26.9. The number of fused-ring (bicyclic) bond motifs is 5. The van der Waals surface area contributed by atoms with Crippen LogP contribution in [0.4, 0.5) is 4.79 Å². The molecule has 18 heteroatoms. The van der Waals surface area contributed by atoms with Crippen molar-refractivity contribution in [2.24, 2.45) is 22.7 Å². The highest BCUT2D eigenvalue weighted by Gasteiger charge is 2.78. The zero-order chi connectivity index (χ0) is 53.2. The predicted molar refractivity (Wildman–Crippen MR) is 264 cm³/mol. The number of nitrogens with one attached hydrogen (secondary N) is 1. The molecule has 71 heavy (non-hydrogen) atoms. The first kappa shape index (κ1) is 58.0. The predicted octanol–water partition coefficient (Wildman–Crippen LogP) is 7.73. The summed E-state index contributed by atoms with van der Waals surface area (Å²) < 4.78 is 57.3. The summed E-state index contributed by atoms with van der Waals surface area (Å²) in [5, 5.41) is 30.7. The maximum absolute atomic E-state index is 15.1. The molecule has 1 aliphatic heterocycles. The minimum Gasteiger partial charge on any atom is -0.456 e. The fourth-order valence-electron chi connectivity index (χ4n) is 11.9. The van der Waals surface area contributed by atoms with Crippen molar-refractivity contribution in [3.63, 3.8) is 0 Å². The summed E-state index contributed by atoms with van der Waals surface area (Å²) >= 11 is 0. The van der Waals surface area contributed by atoms with Crippen molar-refractivity contribution in [3.8, 4) is 0 Å². The molecule has 3 N–H and O–H groups in total. The maximum atomic E-state index is 15.1. The molecule has 400 valence electrons. The number of ether oxygens (including phenoxy) is 8. The number of rotatable bonds is 19. The molecule has 4 aliphatic rings. The fraction of sp³-hybridized carbons (Fsp3) is 0.755. The summed E-state index contributed by atoms with van der Waals surface area (Å²) in [6.07, 6.45) is -11.3. The van der Waals surface area contributed by atoms with Crippen molar-refractivity contribution >= 4 is 38.3 Å². The van der Waals surface area contributed by atoms with Gasteiger partial charge in [0.05, 0.1) is 30.2 Å². The number of benzene rings is 1. The Morgan fingerprint density at radius 1 is 0.915 bits per heavy atom. The molecule has 1 heterocycles. The van der Waals surface area contributed by atoms with Gasteiger partial charge in [0.2, 0.25) is 0 Å². The third-order valence-electron chi connectivity index (χ3n) is 15.7. The van der Waals surface area contributed by atoms with Crippen LogP contribution >= 0.6 is 0 Å². The van der Waals surface area contributed by atoms with Crippen molar-refractivity contribution in [1.29, 1.82) is 0 Å². The zero-order valence-electron chi connectivity index (χ0n) is 45.0. The average molecular weight is 1020 g/mol. The van der Waals surface area contributed by atoms with E-state index in [1.165, 1.54) is 13.8 Å². The number of hydrogen-bond acceptors (Lipinski definition) is 16. The van der Waals surface area contributed by atoms with Crippen molar-refractivity contribution < 1.29 is 76.5 Å². The first-order valence-corrected chi connectivity index (χ1v) is 28.0. The van der Waals surface area contributed by atoms with Gasteiger partial charge in [0.1, 0.15) is 35.6 Å². The lowest BCUT2D eigenvalue weighted by molar-refractivity contribution is -0.363. The highest BCUT2D eigenvalue weighted by Crippen LogP contribution is 2.66. The van der Waals surface area contributed by atoms with E-state index in [9.17, 15) is 29.4 Å². The first-order valence-electron chi connectivity index (χ1n) is 25.5. The van der Waals surface area contributed by atoms with Gasteiger partial charge in [-0.25, -0.2) is 14.4 Å². The van der Waals surface area contributed by atoms with Gasteiger partial charge >= 0.3 is 30.0 Å². The normalized spacial score (nSPS) is 31.5. The van der Waals surface area contributed by atoms with Gasteiger partial charge in [-0.2, -0.15) is 0 Å². The van der Waals surface area contributed by atoms with Crippen molar-refractivity contribution in [3.05, 3.63) is 47.0 Å². The van der Waals surface area contributed by atoms with Crippen LogP contribution in [0.3, 0.4) is 0 Å². The van der Waals surface area contributed by atoms with Gasteiger partial charge in [-0.1, -0.05) is 73.6 Å². The third kappa shape index (κ3) is 11.6. The van der Waals surface area contributed by atoms with E-state index in [-0.39, 0.29) is 43.1 Å². The zero-order valence-corrected chi connectivity index (χ0v) is 46.0. The molecule has 0 radical (unpaired) electrons. The lowest BCUT2D eigenvalue weighted by Gasteiger charge is -2.70. The van der Waals surface area contributed by atoms with E-state index in [0.717, 1.165) is 18.1 Å². The average Bonchev–Trinajstić information content (AvgIpc) is 3.27. The molecule has 0 spiro atoms. The summed E-state index contributed by atoms with van der Waals surface area (Å²) in [6, 6.07) is 9.39. The molecule has 1 amide bonds. The molecule has 1 aromatic rings. The summed E-state index contributed by atoms with van der Waals surface area (Å²) in [4.78, 5) is 70.3. The second-order valence-electron chi connectivity index (χ2n) is 22.2. The van der Waals surface area contributed by atoms with E-state index in [1.54, 1.807) is 92.6 Å². The van der Waals surface area contributed by atoms with E-state index >= 15 is 4.79 Å². The Hall–Kier alpha value is -3.91. The number of aliphatic hydroxyl groups is 2. The van der Waals surface area contributed by atoms with Crippen molar-refractivity contribution in [1.82, 2.24) is 5.32 Å². The number of carbonyl (C=O) groups is 5. The van der Waals surface area contributed by atoms with Gasteiger partial charge in [0, 0.05) is 44.1 Å². The molecular weight excluding hydrogens is 935 g/mol. The Kier molecular flexibility index (Phi) is 18.2. The van der Waals surface area contributed by atoms with Crippen LogP contribution in [-0.2, 0) is 56.7 Å². The standard InChI is InChI=1S/C53H83NO16Si/c1-17-62-34(10)65-41(36(26-30(5)6)54-48(60)69-49(11,12)13)47(59)66-37-28-53(61)45(67-46(58)35-24-22-21-23-25-35)43-51(16,44(57)42(64-32(8)55)40(31(37)7)50(53,14)15)38(70-71(18-2,19-3)20-4)27-39-52(43,29-63-39)68-33(9)56/h21-25,30,34,36-39,41-45,57,61H,17-20,26-29H2,1-16H3,(H,54,60)/t34?,36-,37-,38-,39+,41+,42+,43-,44-,45-,51+,52-,53+/m0/s1. The van der Waals surface area contributed by atoms with E-state index in [1.807, 2.05) is 13.8 Å². The largest absolute Gasteiger partial charge is 0.456 e. The molecular formula is C53H83NO16Si. The lowest BCUT2D eigenvalue weighted by Crippen LogP contribution is -2.83. The van der Waals surface area contributed by atoms with E-state index in [0.29, 0.717) is 5.57 Å². The number of esters is 4. The van der Waals surface area contributed by atoms with Crippen LogP contribution in [0.2, 0.25) is 18.1 Å². The van der Waals surface area contributed by atoms with Crippen LogP contribution < -0.4 is 5.32 Å². The SMILES string of the molecule is CCOC(C)O[C@@H](C(=O)O[C@H]1C[C@@]2(O)[C@@H](OC(=O)c3ccccc3)[C@@H]3[C@]4(OC(C)=O)CO[C@@H]4C[C@H](O[Si](CC)(CC)CC)[C@@]3(C)[C@@H](O)[C@H](OC(C)=O)C(=C1C)C2(C)C)[C@H](CC(C)C)NC(=O)OC(C)(C)C. The summed E-state index contributed by atoms with van der Waals surface area (Å²) in [5.74, 6) is -4.58. The van der Waals surface area contributed by atoms with Crippen LogP contribution in [0.1, 0.15) is 140 Å². The van der Waals surface area contributed by atoms with Crippen molar-refractivity contribution in [2.45, 2.75) is 220 Å². The molecule has 13 atom stereocenters. The van der Waals surface area contributed by atoms with Gasteiger partial charge < -0.3 is 57.9 Å². The number of alkyl carbamates (subject to hydrolysis) is 1. The molecule has 1 aromatic carbocycles. The number of aliphatic hydroxyl groups excluding tert-OH is 1. The highest BCUT2D eigenvalue weighted by molar-refractivity contribution is 6.73. The topological polar surface area (TPSA) is 221 Å². The molecule has 3 aliphatic carbocycles. The smallest absolute Gasteiger partial charge is 0.407 e. The Labute approximate surface area is 421 Å². The molecule has 0 aromatic heterocycles. The van der Waals surface area contributed by atoms with Gasteiger partial charge in [0.15, 0.2) is 32.4 Å². The molecule has 1 unspecified atom stereocenters. The molecule has 1 saturated heterocycles. The van der Waals surface area contributed by atoms with Gasteiger partial charge in [-0.3, -0.25) is 9.59 Å². The number of amides is 1. The van der Waals surface area contributed by atoms with Crippen molar-refractivity contribution in [2.75, 3.05) is 13.2 Å². The molecule has 2 bridgehead atoms. The maximum Gasteiger partial charge on any atom is 0.407 e. The Balaban J connectivity index is 1.83. The quantitative estimate of drug-likeness (QED) is 0.0397. The summed E-state index contributed by atoms with van der Waals surface area (Å²) in [7, 11) is -2.60. The van der Waals surface area contributed by atoms with E-state index in [2.05, 4.69) is 26.1 Å². The van der Waals surface area contributed by atoms with Crippen LogP contribution in [0.25, 0.3) is 0 Å². The second kappa shape index (κ2) is 22.3. The van der Waals surface area contributed by atoms with E-state index in [4.69, 9.17) is 42.3 Å². The van der Waals surface area contributed by atoms with Gasteiger partial charge in [0.25, 0.3) is 0 Å². The fourth-order valence-corrected chi connectivity index (χ4v) is 14.9.